The molecule has 0 aromatic carbocycles. The third-order valence-electron chi connectivity index (χ3n) is 3.93. The van der Waals surface area contributed by atoms with Crippen LogP contribution in [-0.4, -0.2) is 49.3 Å². The lowest BCUT2D eigenvalue weighted by Gasteiger charge is -2.27. The molecule has 0 fully saturated rings. The number of halogens is 3. The van der Waals surface area contributed by atoms with E-state index in [0.29, 0.717) is 0 Å². The number of carbonyl (C=O) groups is 2. The van der Waals surface area contributed by atoms with Crippen molar-refractivity contribution in [3.05, 3.63) is 35.2 Å². The zero-order valence-electron chi connectivity index (χ0n) is 14.1. The van der Waals surface area contributed by atoms with Crippen LogP contribution in [0.1, 0.15) is 39.4 Å². The summed E-state index contributed by atoms with van der Waals surface area (Å²) >= 11 is 0. The number of imidazole rings is 1. The van der Waals surface area contributed by atoms with Crippen LogP contribution in [0.25, 0.3) is 0 Å². The minimum Gasteiger partial charge on any atom is -0.461 e. The van der Waals surface area contributed by atoms with Gasteiger partial charge >= 0.3 is 12.1 Å². The van der Waals surface area contributed by atoms with Crippen LogP contribution in [0.5, 0.6) is 0 Å². The first-order valence-corrected chi connectivity index (χ1v) is 7.85. The number of carbonyl (C=O) groups excluding carboxylic acids is 2. The molecule has 8 nitrogen and oxygen atoms in total. The molecule has 0 atom stereocenters. The predicted octanol–water partition coefficient (Wildman–Crippen LogP) is 1.47. The lowest BCUT2D eigenvalue weighted by atomic mass is 10.2. The van der Waals surface area contributed by atoms with Gasteiger partial charge in [-0.25, -0.2) is 9.78 Å². The molecule has 0 N–H and O–H groups in total. The number of fused-ring (bicyclic) bond motifs is 1. The Morgan fingerprint density at radius 1 is 1.31 bits per heavy atom. The number of amides is 1. The summed E-state index contributed by atoms with van der Waals surface area (Å²) < 4.78 is 47.2. The average molecular weight is 371 g/mol. The van der Waals surface area contributed by atoms with Crippen molar-refractivity contribution in [2.24, 2.45) is 7.05 Å². The van der Waals surface area contributed by atoms with Gasteiger partial charge in [-0.05, 0) is 13.0 Å². The Hall–Kier alpha value is -2.85. The predicted molar refractivity (Wildman–Crippen MR) is 81.1 cm³/mol. The molecule has 11 heteroatoms. The van der Waals surface area contributed by atoms with Crippen LogP contribution in [0.2, 0.25) is 0 Å². The molecule has 0 aliphatic carbocycles. The number of aromatic nitrogens is 4. The highest BCUT2D eigenvalue weighted by Gasteiger charge is 2.43. The van der Waals surface area contributed by atoms with Crippen LogP contribution in [-0.2, 0) is 31.1 Å². The van der Waals surface area contributed by atoms with Crippen LogP contribution < -0.4 is 0 Å². The van der Waals surface area contributed by atoms with Gasteiger partial charge in [0.2, 0.25) is 0 Å². The van der Waals surface area contributed by atoms with E-state index in [1.54, 1.807) is 13.2 Å². The highest BCUT2D eigenvalue weighted by atomic mass is 19.4. The maximum atomic E-state index is 13.3. The summed E-state index contributed by atoms with van der Waals surface area (Å²) in [5.74, 6) is -1.51. The second-order valence-electron chi connectivity index (χ2n) is 5.70. The molecular formula is C15H16F3N5O3. The Bertz CT molecular complexity index is 855. The Balaban J connectivity index is 1.94. The molecule has 1 aliphatic rings. The minimum atomic E-state index is -4.80. The lowest BCUT2D eigenvalue weighted by Crippen LogP contribution is -2.39. The molecular weight excluding hydrogens is 355 g/mol. The highest BCUT2D eigenvalue weighted by molar-refractivity contribution is 5.92. The number of hydrogen-bond acceptors (Lipinski definition) is 5. The van der Waals surface area contributed by atoms with E-state index < -0.39 is 29.4 Å². The molecule has 0 saturated heterocycles. The van der Waals surface area contributed by atoms with E-state index in [2.05, 4.69) is 10.1 Å². The number of esters is 1. The van der Waals surface area contributed by atoms with Gasteiger partial charge in [-0.1, -0.05) is 0 Å². The van der Waals surface area contributed by atoms with Crippen LogP contribution >= 0.6 is 0 Å². The molecule has 1 amide bonds. The van der Waals surface area contributed by atoms with Crippen molar-refractivity contribution in [2.75, 3.05) is 13.2 Å². The van der Waals surface area contributed by atoms with Crippen molar-refractivity contribution < 1.29 is 27.5 Å². The van der Waals surface area contributed by atoms with E-state index in [1.807, 2.05) is 0 Å². The fraction of sp³-hybridized carbons (Fsp3) is 0.467. The summed E-state index contributed by atoms with van der Waals surface area (Å²) in [6.07, 6.45) is -3.21. The maximum absolute atomic E-state index is 13.3. The van der Waals surface area contributed by atoms with Crippen molar-refractivity contribution in [3.8, 4) is 0 Å². The van der Waals surface area contributed by atoms with E-state index in [9.17, 15) is 22.8 Å². The van der Waals surface area contributed by atoms with Crippen LogP contribution in [0.4, 0.5) is 13.2 Å². The Labute approximate surface area is 146 Å². The average Bonchev–Trinajstić information content (AvgIpc) is 3.17. The topological polar surface area (TPSA) is 82.3 Å². The maximum Gasteiger partial charge on any atom is 0.435 e. The Kier molecular flexibility index (Phi) is 4.46. The molecule has 3 heterocycles. The van der Waals surface area contributed by atoms with Crippen LogP contribution in [0.15, 0.2) is 12.3 Å². The monoisotopic (exact) mass is 371 g/mol. The second-order valence-corrected chi connectivity index (χ2v) is 5.70. The van der Waals surface area contributed by atoms with E-state index in [1.165, 1.54) is 27.1 Å². The van der Waals surface area contributed by atoms with Crippen LogP contribution in [0.3, 0.4) is 0 Å². The van der Waals surface area contributed by atoms with E-state index in [-0.39, 0.29) is 37.8 Å². The van der Waals surface area contributed by atoms with Gasteiger partial charge in [0.15, 0.2) is 11.4 Å². The van der Waals surface area contributed by atoms with Gasteiger partial charge in [0, 0.05) is 26.3 Å². The molecule has 0 unspecified atom stereocenters. The molecule has 0 radical (unpaired) electrons. The summed E-state index contributed by atoms with van der Waals surface area (Å²) in [5.41, 5.74) is -1.73. The number of rotatable bonds is 3. The molecule has 0 saturated carbocycles. The minimum absolute atomic E-state index is 0.00509. The van der Waals surface area contributed by atoms with E-state index in [0.717, 1.165) is 0 Å². The Morgan fingerprint density at radius 3 is 2.62 bits per heavy atom. The SMILES string of the molecule is CCOC(=O)c1c(C(F)(F)F)nc2n1CCN(C(=O)c1ccn(C)n1)C2. The molecule has 2 aromatic heterocycles. The fourth-order valence-corrected chi connectivity index (χ4v) is 2.80. The smallest absolute Gasteiger partial charge is 0.435 e. The van der Waals surface area contributed by atoms with Gasteiger partial charge in [-0.15, -0.1) is 0 Å². The summed E-state index contributed by atoms with van der Waals surface area (Å²) in [5, 5.41) is 4.00. The fourth-order valence-electron chi connectivity index (χ4n) is 2.80. The van der Waals surface area contributed by atoms with Crippen molar-refractivity contribution in [1.29, 1.82) is 0 Å². The van der Waals surface area contributed by atoms with Gasteiger partial charge in [-0.2, -0.15) is 18.3 Å². The first-order valence-electron chi connectivity index (χ1n) is 7.85. The molecule has 140 valence electrons. The van der Waals surface area contributed by atoms with Gasteiger partial charge in [0.05, 0.1) is 13.2 Å². The number of aryl methyl sites for hydroxylation is 1. The number of nitrogens with zero attached hydrogens (tertiary/aromatic N) is 5. The number of hydrogen-bond donors (Lipinski definition) is 0. The number of ether oxygens (including phenoxy) is 1. The summed E-state index contributed by atoms with van der Waals surface area (Å²) in [7, 11) is 1.65. The Morgan fingerprint density at radius 2 is 2.04 bits per heavy atom. The second kappa shape index (κ2) is 6.46. The van der Waals surface area contributed by atoms with Gasteiger partial charge in [-0.3, -0.25) is 9.48 Å². The third kappa shape index (κ3) is 3.16. The molecule has 3 rings (SSSR count). The first kappa shape index (κ1) is 18.0. The van der Waals surface area contributed by atoms with Crippen LogP contribution in [0, 0.1) is 0 Å². The highest BCUT2D eigenvalue weighted by Crippen LogP contribution is 2.33. The van der Waals surface area contributed by atoms with Crippen molar-refractivity contribution >= 4 is 11.9 Å². The van der Waals surface area contributed by atoms with Gasteiger partial charge < -0.3 is 14.2 Å². The molecule has 1 aliphatic heterocycles. The summed E-state index contributed by atoms with van der Waals surface area (Å²) in [6.45, 7) is 1.43. The van der Waals surface area contributed by atoms with Crippen molar-refractivity contribution in [2.45, 2.75) is 26.2 Å². The lowest BCUT2D eigenvalue weighted by molar-refractivity contribution is -0.141. The molecule has 26 heavy (non-hydrogen) atoms. The first-order chi connectivity index (χ1) is 12.2. The molecule has 2 aromatic rings. The normalized spacial score (nSPS) is 14.3. The molecule has 0 bridgehead atoms. The van der Waals surface area contributed by atoms with E-state index >= 15 is 0 Å². The summed E-state index contributed by atoms with van der Waals surface area (Å²) in [4.78, 5) is 29.4. The summed E-state index contributed by atoms with van der Waals surface area (Å²) in [6, 6.07) is 1.52. The largest absolute Gasteiger partial charge is 0.461 e. The standard InChI is InChI=1S/C15H16F3N5O3/c1-3-26-14(25)11-12(15(16,17)18)19-10-8-22(6-7-23(10)11)13(24)9-4-5-21(2)20-9/h4-5H,3,6-8H2,1-2H3. The zero-order chi connectivity index (χ0) is 19.1. The van der Waals surface area contributed by atoms with E-state index in [4.69, 9.17) is 4.74 Å². The third-order valence-corrected chi connectivity index (χ3v) is 3.93. The zero-order valence-corrected chi connectivity index (χ0v) is 14.1. The van der Waals surface area contributed by atoms with Crippen molar-refractivity contribution in [3.63, 3.8) is 0 Å². The van der Waals surface area contributed by atoms with Gasteiger partial charge in [0.1, 0.15) is 11.5 Å². The van der Waals surface area contributed by atoms with Gasteiger partial charge in [0.25, 0.3) is 5.91 Å². The number of alkyl halides is 3. The van der Waals surface area contributed by atoms with Crippen molar-refractivity contribution in [1.82, 2.24) is 24.2 Å². The quantitative estimate of drug-likeness (QED) is 0.763. The molecule has 0 spiro atoms.